The van der Waals surface area contributed by atoms with Crippen LogP contribution in [0.2, 0.25) is 5.02 Å². The molecule has 0 amide bonds. The molecule has 5 heteroatoms. The van der Waals surface area contributed by atoms with Gasteiger partial charge in [-0.1, -0.05) is 56.8 Å². The predicted molar refractivity (Wildman–Crippen MR) is 104 cm³/mol. The molecule has 0 aliphatic rings. The molecule has 24 heavy (non-hydrogen) atoms. The minimum Gasteiger partial charge on any atom is -0.371 e. The van der Waals surface area contributed by atoms with Crippen molar-refractivity contribution < 1.29 is 4.74 Å². The van der Waals surface area contributed by atoms with Crippen molar-refractivity contribution in [2.75, 3.05) is 18.5 Å². The number of rotatable bonds is 11. The zero-order valence-electron chi connectivity index (χ0n) is 14.5. The van der Waals surface area contributed by atoms with Gasteiger partial charge in [0, 0.05) is 23.1 Å². The summed E-state index contributed by atoms with van der Waals surface area (Å²) >= 11 is 7.80. The van der Waals surface area contributed by atoms with Crippen LogP contribution in [-0.4, -0.2) is 18.1 Å². The van der Waals surface area contributed by atoms with Crippen LogP contribution in [0, 0.1) is 5.92 Å². The molecule has 132 valence electrons. The third-order valence-electron chi connectivity index (χ3n) is 4.17. The fourth-order valence-corrected chi connectivity index (χ4v) is 3.63. The lowest BCUT2D eigenvalue weighted by molar-refractivity contribution is 0.0113. The average Bonchev–Trinajstić information content (AvgIpc) is 3.10. The van der Waals surface area contributed by atoms with Crippen LogP contribution in [0.5, 0.6) is 0 Å². The normalized spacial score (nSPS) is 13.6. The van der Waals surface area contributed by atoms with Crippen LogP contribution >= 0.6 is 22.9 Å². The van der Waals surface area contributed by atoms with E-state index in [2.05, 4.69) is 30.2 Å². The maximum absolute atomic E-state index is 6.29. The number of halogens is 1. The van der Waals surface area contributed by atoms with Gasteiger partial charge in [-0.05, 0) is 30.0 Å². The number of aromatic nitrogens is 1. The van der Waals surface area contributed by atoms with Crippen molar-refractivity contribution in [3.63, 3.8) is 0 Å². The predicted octanol–water partition coefficient (Wildman–Crippen LogP) is 6.18. The second-order valence-corrected chi connectivity index (χ2v) is 7.25. The Morgan fingerprint density at radius 1 is 1.33 bits per heavy atom. The zero-order chi connectivity index (χ0) is 17.2. The van der Waals surface area contributed by atoms with Crippen LogP contribution in [0.15, 0.2) is 35.8 Å². The van der Waals surface area contributed by atoms with Gasteiger partial charge in [-0.25, -0.2) is 4.98 Å². The monoisotopic (exact) mass is 366 g/mol. The van der Waals surface area contributed by atoms with E-state index in [9.17, 15) is 0 Å². The number of nitrogens with zero attached hydrogens (tertiary/aromatic N) is 1. The molecule has 0 saturated carbocycles. The highest BCUT2D eigenvalue weighted by Gasteiger charge is 2.22. The Hall–Kier alpha value is -1.10. The van der Waals surface area contributed by atoms with Crippen LogP contribution in [0.4, 0.5) is 5.13 Å². The highest BCUT2D eigenvalue weighted by Crippen LogP contribution is 2.33. The molecule has 2 rings (SSSR count). The van der Waals surface area contributed by atoms with Crippen molar-refractivity contribution in [2.45, 2.75) is 45.6 Å². The molecule has 0 radical (unpaired) electrons. The lowest BCUT2D eigenvalue weighted by atomic mass is 9.89. The van der Waals surface area contributed by atoms with Crippen LogP contribution in [0.1, 0.15) is 51.2 Å². The minimum atomic E-state index is 0.0957. The Morgan fingerprint density at radius 2 is 2.21 bits per heavy atom. The first kappa shape index (κ1) is 19.2. The van der Waals surface area contributed by atoms with Gasteiger partial charge in [-0.2, -0.15) is 0 Å². The van der Waals surface area contributed by atoms with Gasteiger partial charge in [0.25, 0.3) is 0 Å². The summed E-state index contributed by atoms with van der Waals surface area (Å²) in [5, 5.41) is 6.98. The molecule has 0 saturated heterocycles. The highest BCUT2D eigenvalue weighted by atomic mass is 35.5. The summed E-state index contributed by atoms with van der Waals surface area (Å²) in [6.07, 6.45) is 6.64. The van der Waals surface area contributed by atoms with Gasteiger partial charge >= 0.3 is 0 Å². The second kappa shape index (κ2) is 10.7. The Labute approximate surface area is 154 Å². The van der Waals surface area contributed by atoms with Crippen molar-refractivity contribution >= 4 is 28.1 Å². The number of ether oxygens (including phenoxy) is 1. The van der Waals surface area contributed by atoms with E-state index < -0.39 is 0 Å². The van der Waals surface area contributed by atoms with E-state index in [0.717, 1.165) is 23.1 Å². The van der Waals surface area contributed by atoms with Crippen LogP contribution in [0.25, 0.3) is 0 Å². The number of benzene rings is 1. The molecule has 0 bridgehead atoms. The Bertz CT molecular complexity index is 577. The van der Waals surface area contributed by atoms with Crippen molar-refractivity contribution in [2.24, 2.45) is 5.92 Å². The molecule has 1 aromatic carbocycles. The molecule has 0 unspecified atom stereocenters. The molecule has 1 N–H and O–H groups in total. The summed E-state index contributed by atoms with van der Waals surface area (Å²) in [5.74, 6) is 0.517. The number of hydrogen-bond donors (Lipinski definition) is 1. The standard InChI is InChI=1S/C19H27ClN2OS/c1-3-5-7-15(4-2)18(16-8-6-9-17(20)14-16)23-12-10-21-19-22-11-13-24-19/h6,8-9,11,13-15,18H,3-5,7,10,12H2,1-2H3,(H,21,22)/t15-,18+/m0/s1. The maximum Gasteiger partial charge on any atom is 0.182 e. The molecule has 1 heterocycles. The lowest BCUT2D eigenvalue weighted by Gasteiger charge is -2.27. The van der Waals surface area contributed by atoms with Crippen molar-refractivity contribution in [1.82, 2.24) is 4.98 Å². The van der Waals surface area contributed by atoms with Crippen molar-refractivity contribution in [3.8, 4) is 0 Å². The van der Waals surface area contributed by atoms with E-state index in [1.807, 2.05) is 23.6 Å². The van der Waals surface area contributed by atoms with Crippen molar-refractivity contribution in [1.29, 1.82) is 0 Å². The first-order valence-corrected chi connectivity index (χ1v) is 10.0. The molecule has 0 spiro atoms. The number of thiazole rings is 1. The number of anilines is 1. The molecule has 0 aliphatic heterocycles. The molecule has 3 nitrogen and oxygen atoms in total. The average molecular weight is 367 g/mol. The Balaban J connectivity index is 1.98. The third-order valence-corrected chi connectivity index (χ3v) is 5.13. The van der Waals surface area contributed by atoms with Gasteiger partial charge in [0.15, 0.2) is 5.13 Å². The molecule has 2 atom stereocenters. The topological polar surface area (TPSA) is 34.1 Å². The molecule has 1 aromatic heterocycles. The third kappa shape index (κ3) is 6.08. The highest BCUT2D eigenvalue weighted by molar-refractivity contribution is 7.13. The zero-order valence-corrected chi connectivity index (χ0v) is 16.1. The van der Waals surface area contributed by atoms with Gasteiger partial charge in [0.05, 0.1) is 12.7 Å². The minimum absolute atomic E-state index is 0.0957. The summed E-state index contributed by atoms with van der Waals surface area (Å²) in [6.45, 7) is 5.89. The summed E-state index contributed by atoms with van der Waals surface area (Å²) < 4.78 is 6.29. The summed E-state index contributed by atoms with van der Waals surface area (Å²) in [6, 6.07) is 8.09. The van der Waals surface area contributed by atoms with Crippen LogP contribution in [-0.2, 0) is 4.74 Å². The van der Waals surface area contributed by atoms with E-state index in [-0.39, 0.29) is 6.10 Å². The smallest absolute Gasteiger partial charge is 0.182 e. The number of hydrogen-bond acceptors (Lipinski definition) is 4. The maximum atomic E-state index is 6.29. The second-order valence-electron chi connectivity index (χ2n) is 5.92. The van der Waals surface area contributed by atoms with Gasteiger partial charge in [0.1, 0.15) is 0 Å². The van der Waals surface area contributed by atoms with Gasteiger partial charge in [0.2, 0.25) is 0 Å². The first-order valence-electron chi connectivity index (χ1n) is 8.75. The summed E-state index contributed by atoms with van der Waals surface area (Å²) in [7, 11) is 0. The van der Waals surface area contributed by atoms with E-state index in [0.29, 0.717) is 12.5 Å². The van der Waals surface area contributed by atoms with Crippen LogP contribution < -0.4 is 5.32 Å². The van der Waals surface area contributed by atoms with E-state index in [1.54, 1.807) is 17.5 Å². The van der Waals surface area contributed by atoms with Crippen molar-refractivity contribution in [3.05, 3.63) is 46.4 Å². The van der Waals surface area contributed by atoms with E-state index >= 15 is 0 Å². The fourth-order valence-electron chi connectivity index (χ4n) is 2.88. The quantitative estimate of drug-likeness (QED) is 0.482. The van der Waals surface area contributed by atoms with E-state index in [4.69, 9.17) is 16.3 Å². The van der Waals surface area contributed by atoms with E-state index in [1.165, 1.54) is 24.8 Å². The Kier molecular flexibility index (Phi) is 8.57. The molecule has 0 aliphatic carbocycles. The SMILES string of the molecule is CCCC[C@H](CC)[C@@H](OCCNc1nccs1)c1cccc(Cl)c1. The molecular formula is C19H27ClN2OS. The molecule has 0 fully saturated rings. The number of unbranched alkanes of at least 4 members (excludes halogenated alkanes) is 1. The largest absolute Gasteiger partial charge is 0.371 e. The lowest BCUT2D eigenvalue weighted by Crippen LogP contribution is -2.19. The van der Waals surface area contributed by atoms with Gasteiger partial charge < -0.3 is 10.1 Å². The first-order chi connectivity index (χ1) is 11.7. The molecule has 2 aromatic rings. The summed E-state index contributed by atoms with van der Waals surface area (Å²) in [4.78, 5) is 4.23. The molecular weight excluding hydrogens is 340 g/mol. The van der Waals surface area contributed by atoms with Crippen LogP contribution in [0.3, 0.4) is 0 Å². The fraction of sp³-hybridized carbons (Fsp3) is 0.526. The number of nitrogens with one attached hydrogen (secondary N) is 1. The van der Waals surface area contributed by atoms with Gasteiger partial charge in [-0.15, -0.1) is 11.3 Å². The Morgan fingerprint density at radius 3 is 2.88 bits per heavy atom. The summed E-state index contributed by atoms with van der Waals surface area (Å²) in [5.41, 5.74) is 1.18. The van der Waals surface area contributed by atoms with Gasteiger partial charge in [-0.3, -0.25) is 0 Å².